The molecule has 0 aliphatic rings. The molecule has 0 atom stereocenters. The minimum atomic E-state index is -3.41. The molecule has 0 aromatic heterocycles. The molecule has 0 aliphatic carbocycles. The highest BCUT2D eigenvalue weighted by Gasteiger charge is 2.20. The Balaban J connectivity index is 3.00. The summed E-state index contributed by atoms with van der Waals surface area (Å²) in [4.78, 5) is 10.2. The Kier molecular flexibility index (Phi) is 4.61. The number of hydrogen-bond acceptors (Lipinski definition) is 4. The van der Waals surface area contributed by atoms with Crippen LogP contribution in [0.1, 0.15) is 5.56 Å². The van der Waals surface area contributed by atoms with Crippen molar-refractivity contribution in [1.82, 2.24) is 4.31 Å². The zero-order valence-corrected chi connectivity index (χ0v) is 11.4. The Labute approximate surface area is 108 Å². The SMILES string of the molecule is CN(Cc1ccccc1[N+](=O)[O-])S(=O)(=O)CBr. The summed E-state index contributed by atoms with van der Waals surface area (Å²) in [5, 5.41) is 10.8. The number of benzene rings is 1. The highest BCUT2D eigenvalue weighted by Crippen LogP contribution is 2.20. The standard InChI is InChI=1S/C9H11BrN2O4S/c1-11(17(15,16)7-10)6-8-4-2-3-5-9(8)12(13)14/h2-5H,6-7H2,1H3. The van der Waals surface area contributed by atoms with E-state index in [2.05, 4.69) is 15.9 Å². The first kappa shape index (κ1) is 14.1. The predicted molar refractivity (Wildman–Crippen MR) is 67.3 cm³/mol. The van der Waals surface area contributed by atoms with Crippen molar-refractivity contribution in [3.05, 3.63) is 39.9 Å². The summed E-state index contributed by atoms with van der Waals surface area (Å²) >= 11 is 2.87. The Hall–Kier alpha value is -0.990. The zero-order valence-electron chi connectivity index (χ0n) is 9.04. The first-order valence-corrected chi connectivity index (χ1v) is 7.34. The van der Waals surface area contributed by atoms with Crippen molar-refractivity contribution in [1.29, 1.82) is 0 Å². The van der Waals surface area contributed by atoms with Crippen LogP contribution in [0.25, 0.3) is 0 Å². The second-order valence-corrected chi connectivity index (χ2v) is 6.74. The highest BCUT2D eigenvalue weighted by atomic mass is 79.9. The fourth-order valence-corrected chi connectivity index (χ4v) is 2.80. The number of rotatable bonds is 5. The summed E-state index contributed by atoms with van der Waals surface area (Å²) < 4.78 is 23.9. The van der Waals surface area contributed by atoms with Crippen molar-refractivity contribution in [2.45, 2.75) is 6.54 Å². The molecular formula is C9H11BrN2O4S. The van der Waals surface area contributed by atoms with Crippen molar-refractivity contribution < 1.29 is 13.3 Å². The minimum Gasteiger partial charge on any atom is -0.258 e. The monoisotopic (exact) mass is 322 g/mol. The maximum Gasteiger partial charge on any atom is 0.273 e. The number of halogens is 1. The van der Waals surface area contributed by atoms with Gasteiger partial charge in [-0.2, -0.15) is 4.31 Å². The maximum absolute atomic E-state index is 11.5. The molecule has 0 spiro atoms. The fourth-order valence-electron chi connectivity index (χ4n) is 1.24. The molecule has 0 bridgehead atoms. The van der Waals surface area contributed by atoms with Gasteiger partial charge < -0.3 is 0 Å². The third kappa shape index (κ3) is 3.48. The lowest BCUT2D eigenvalue weighted by atomic mass is 10.2. The van der Waals surface area contributed by atoms with Crippen LogP contribution in [0.2, 0.25) is 0 Å². The van der Waals surface area contributed by atoms with Gasteiger partial charge in [-0.1, -0.05) is 34.1 Å². The summed E-state index contributed by atoms with van der Waals surface area (Å²) in [5.41, 5.74) is 0.286. The van der Waals surface area contributed by atoms with Crippen LogP contribution in [-0.2, 0) is 16.6 Å². The van der Waals surface area contributed by atoms with Crippen LogP contribution in [0.5, 0.6) is 0 Å². The first-order valence-electron chi connectivity index (χ1n) is 4.60. The normalized spacial score (nSPS) is 11.7. The van der Waals surface area contributed by atoms with Crippen molar-refractivity contribution in [3.8, 4) is 0 Å². The second kappa shape index (κ2) is 5.56. The van der Waals surface area contributed by atoms with Crippen LogP contribution in [0.15, 0.2) is 24.3 Å². The number of nitrogens with zero attached hydrogens (tertiary/aromatic N) is 2. The van der Waals surface area contributed by atoms with Gasteiger partial charge >= 0.3 is 0 Å². The van der Waals surface area contributed by atoms with Crippen LogP contribution in [0.4, 0.5) is 5.69 Å². The predicted octanol–water partition coefficient (Wildman–Crippen LogP) is 1.71. The van der Waals surface area contributed by atoms with Gasteiger partial charge in [0.1, 0.15) is 4.66 Å². The Morgan fingerprint density at radius 2 is 2.00 bits per heavy atom. The lowest BCUT2D eigenvalue weighted by molar-refractivity contribution is -0.385. The number of sulfonamides is 1. The van der Waals surface area contributed by atoms with E-state index >= 15 is 0 Å². The lowest BCUT2D eigenvalue weighted by Crippen LogP contribution is -2.27. The number of para-hydroxylation sites is 1. The summed E-state index contributed by atoms with van der Waals surface area (Å²) in [6.07, 6.45) is 0. The van der Waals surface area contributed by atoms with Gasteiger partial charge in [0, 0.05) is 25.2 Å². The van der Waals surface area contributed by atoms with E-state index in [0.717, 1.165) is 4.31 Å². The van der Waals surface area contributed by atoms with E-state index in [0.29, 0.717) is 5.56 Å². The van der Waals surface area contributed by atoms with Gasteiger partial charge in [0.2, 0.25) is 10.0 Å². The van der Waals surface area contributed by atoms with Crippen LogP contribution in [-0.4, -0.2) is 29.4 Å². The number of hydrogen-bond donors (Lipinski definition) is 0. The Morgan fingerprint density at radius 3 is 2.53 bits per heavy atom. The molecule has 17 heavy (non-hydrogen) atoms. The van der Waals surface area contributed by atoms with Gasteiger partial charge in [-0.15, -0.1) is 0 Å². The van der Waals surface area contributed by atoms with Crippen LogP contribution < -0.4 is 0 Å². The van der Waals surface area contributed by atoms with Crippen LogP contribution >= 0.6 is 15.9 Å². The molecule has 8 heteroatoms. The average Bonchev–Trinajstić information content (AvgIpc) is 2.29. The quantitative estimate of drug-likeness (QED) is 0.469. The van der Waals surface area contributed by atoms with Crippen LogP contribution in [0.3, 0.4) is 0 Å². The molecule has 0 radical (unpaired) electrons. The molecule has 0 saturated heterocycles. The second-order valence-electron chi connectivity index (χ2n) is 3.36. The zero-order chi connectivity index (χ0) is 13.1. The van der Waals surface area contributed by atoms with Gasteiger partial charge in [-0.3, -0.25) is 10.1 Å². The largest absolute Gasteiger partial charge is 0.273 e. The van der Waals surface area contributed by atoms with Gasteiger partial charge in [-0.05, 0) is 0 Å². The molecule has 1 aromatic rings. The van der Waals surface area contributed by atoms with Gasteiger partial charge in [-0.25, -0.2) is 8.42 Å². The fraction of sp³-hybridized carbons (Fsp3) is 0.333. The summed E-state index contributed by atoms with van der Waals surface area (Å²) in [5.74, 6) is 0. The van der Waals surface area contributed by atoms with Gasteiger partial charge in [0.05, 0.1) is 4.92 Å². The molecule has 6 nitrogen and oxygen atoms in total. The number of alkyl halides is 1. The molecule has 0 heterocycles. The molecule has 0 aliphatic heterocycles. The summed E-state index contributed by atoms with van der Waals surface area (Å²) in [6, 6.07) is 6.07. The average molecular weight is 323 g/mol. The van der Waals surface area contributed by atoms with E-state index in [4.69, 9.17) is 0 Å². The van der Waals surface area contributed by atoms with E-state index in [1.807, 2.05) is 0 Å². The topological polar surface area (TPSA) is 80.5 Å². The lowest BCUT2D eigenvalue weighted by Gasteiger charge is -2.15. The van der Waals surface area contributed by atoms with E-state index in [1.165, 1.54) is 13.1 Å². The molecule has 94 valence electrons. The molecule has 0 unspecified atom stereocenters. The van der Waals surface area contributed by atoms with E-state index in [9.17, 15) is 18.5 Å². The summed E-state index contributed by atoms with van der Waals surface area (Å²) in [6.45, 7) is -0.0227. The first-order chi connectivity index (χ1) is 7.88. The molecule has 0 fully saturated rings. The Morgan fingerprint density at radius 1 is 1.41 bits per heavy atom. The van der Waals surface area contributed by atoms with E-state index in [1.54, 1.807) is 18.2 Å². The minimum absolute atomic E-state index is 0.0227. The van der Waals surface area contributed by atoms with Crippen molar-refractivity contribution in [2.75, 3.05) is 11.7 Å². The highest BCUT2D eigenvalue weighted by molar-refractivity contribution is 9.10. The number of nitro groups is 1. The van der Waals surface area contributed by atoms with Crippen molar-refractivity contribution in [3.63, 3.8) is 0 Å². The Bertz CT molecular complexity index is 517. The number of nitro benzene ring substituents is 1. The molecule has 0 saturated carbocycles. The molecular weight excluding hydrogens is 312 g/mol. The van der Waals surface area contributed by atoms with E-state index < -0.39 is 14.9 Å². The smallest absolute Gasteiger partial charge is 0.258 e. The van der Waals surface area contributed by atoms with Crippen molar-refractivity contribution in [2.24, 2.45) is 0 Å². The summed E-state index contributed by atoms with van der Waals surface area (Å²) in [7, 11) is -2.03. The van der Waals surface area contributed by atoms with E-state index in [-0.39, 0.29) is 16.9 Å². The molecule has 1 rings (SSSR count). The van der Waals surface area contributed by atoms with Gasteiger partial charge in [0.15, 0.2) is 0 Å². The molecule has 0 N–H and O–H groups in total. The third-order valence-electron chi connectivity index (χ3n) is 2.19. The van der Waals surface area contributed by atoms with Gasteiger partial charge in [0.25, 0.3) is 5.69 Å². The third-order valence-corrected chi connectivity index (χ3v) is 5.28. The molecule has 1 aromatic carbocycles. The maximum atomic E-state index is 11.5. The van der Waals surface area contributed by atoms with Crippen LogP contribution in [0, 0.1) is 10.1 Å². The van der Waals surface area contributed by atoms with Crippen molar-refractivity contribution >= 4 is 31.6 Å². The molecule has 0 amide bonds.